The molecule has 0 unspecified atom stereocenters. The second kappa shape index (κ2) is 6.26. The number of nitrogens with one attached hydrogen (secondary N) is 2. The predicted molar refractivity (Wildman–Crippen MR) is 102 cm³/mol. The number of carboxylic acid groups (broad SMARTS) is 1. The van der Waals surface area contributed by atoms with Gasteiger partial charge in [0.15, 0.2) is 11.6 Å². The van der Waals surface area contributed by atoms with Crippen LogP contribution in [0, 0.1) is 0 Å². The molecule has 4 rings (SSSR count). The van der Waals surface area contributed by atoms with Crippen LogP contribution < -0.4 is 10.2 Å². The van der Waals surface area contributed by atoms with Crippen molar-refractivity contribution in [3.63, 3.8) is 0 Å². The predicted octanol–water partition coefficient (Wildman–Crippen LogP) is 2.55. The van der Waals surface area contributed by atoms with E-state index in [1.807, 2.05) is 24.4 Å². The van der Waals surface area contributed by atoms with E-state index < -0.39 is 12.0 Å². The van der Waals surface area contributed by atoms with Gasteiger partial charge >= 0.3 is 5.97 Å². The molecule has 0 spiro atoms. The summed E-state index contributed by atoms with van der Waals surface area (Å²) >= 11 is 0. The first kappa shape index (κ1) is 17.3. The fourth-order valence-electron chi connectivity index (χ4n) is 3.29. The molecule has 3 N–H and O–H groups in total. The zero-order valence-corrected chi connectivity index (χ0v) is 15.6. The monoisotopic (exact) mass is 369 g/mol. The Morgan fingerprint density at radius 3 is 2.93 bits per heavy atom. The van der Waals surface area contributed by atoms with Crippen LogP contribution in [-0.4, -0.2) is 48.5 Å². The van der Waals surface area contributed by atoms with E-state index in [2.05, 4.69) is 46.4 Å². The summed E-state index contributed by atoms with van der Waals surface area (Å²) in [6.45, 7) is 6.95. The molecule has 3 aromatic rings. The first-order valence-corrected chi connectivity index (χ1v) is 9.01. The van der Waals surface area contributed by atoms with E-state index in [-0.39, 0.29) is 5.41 Å². The number of aliphatic carboxylic acids is 1. The fraction of sp³-hybridized carbons (Fsp3) is 0.444. The lowest BCUT2D eigenvalue weighted by Crippen LogP contribution is -2.37. The van der Waals surface area contributed by atoms with Gasteiger partial charge in [0.2, 0.25) is 5.95 Å². The Hall–Kier alpha value is -3.10. The molecule has 0 bridgehead atoms. The quantitative estimate of drug-likeness (QED) is 0.648. The lowest BCUT2D eigenvalue weighted by atomic mass is 9.92. The molecule has 9 heteroatoms. The van der Waals surface area contributed by atoms with Gasteiger partial charge in [0, 0.05) is 29.9 Å². The average molecular weight is 369 g/mol. The summed E-state index contributed by atoms with van der Waals surface area (Å²) in [6.07, 6.45) is 3.23. The average Bonchev–Trinajstić information content (AvgIpc) is 3.33. The smallest absolute Gasteiger partial charge is 0.326 e. The van der Waals surface area contributed by atoms with E-state index in [9.17, 15) is 9.90 Å². The van der Waals surface area contributed by atoms with Crippen molar-refractivity contribution >= 4 is 29.1 Å². The van der Waals surface area contributed by atoms with Gasteiger partial charge in [0.1, 0.15) is 11.6 Å². The standard InChI is InChI=1S/C18H23N7O2/c1-18(2,3)13-10-14(22-21-13)19-15-11-6-5-9-25(11)23-17(20-15)24-8-4-7-12(24)16(26)27/h5-6,9-10,12H,4,7-8H2,1-3H3,(H,26,27)(H2,19,20,21,22,23)/t12-/m0/s1. The minimum Gasteiger partial charge on any atom is -0.480 e. The molecule has 0 radical (unpaired) electrons. The highest BCUT2D eigenvalue weighted by molar-refractivity contribution is 5.79. The maximum Gasteiger partial charge on any atom is 0.326 e. The summed E-state index contributed by atoms with van der Waals surface area (Å²) in [4.78, 5) is 17.9. The van der Waals surface area contributed by atoms with Crippen molar-refractivity contribution in [2.24, 2.45) is 0 Å². The maximum absolute atomic E-state index is 11.5. The van der Waals surface area contributed by atoms with Gasteiger partial charge in [-0.3, -0.25) is 5.10 Å². The normalized spacial score (nSPS) is 17.6. The van der Waals surface area contributed by atoms with Crippen molar-refractivity contribution in [2.75, 3.05) is 16.8 Å². The Kier molecular flexibility index (Phi) is 4.01. The number of fused-ring (bicyclic) bond motifs is 1. The molecule has 0 aliphatic carbocycles. The first-order valence-electron chi connectivity index (χ1n) is 9.01. The van der Waals surface area contributed by atoms with E-state index in [0.29, 0.717) is 30.5 Å². The third-order valence-electron chi connectivity index (χ3n) is 4.81. The van der Waals surface area contributed by atoms with Gasteiger partial charge < -0.3 is 15.3 Å². The summed E-state index contributed by atoms with van der Waals surface area (Å²) in [5, 5.41) is 24.6. The second-order valence-electron chi connectivity index (χ2n) is 7.83. The molecule has 142 valence electrons. The summed E-state index contributed by atoms with van der Waals surface area (Å²) < 4.78 is 1.71. The van der Waals surface area contributed by atoms with Crippen LogP contribution in [0.15, 0.2) is 24.4 Å². The molecule has 1 aliphatic rings. The largest absolute Gasteiger partial charge is 0.480 e. The fourth-order valence-corrected chi connectivity index (χ4v) is 3.29. The van der Waals surface area contributed by atoms with Gasteiger partial charge in [-0.15, -0.1) is 5.10 Å². The van der Waals surface area contributed by atoms with Gasteiger partial charge in [-0.2, -0.15) is 10.1 Å². The van der Waals surface area contributed by atoms with Crippen molar-refractivity contribution in [1.29, 1.82) is 0 Å². The highest BCUT2D eigenvalue weighted by Crippen LogP contribution is 2.28. The maximum atomic E-state index is 11.5. The molecule has 1 fully saturated rings. The number of anilines is 3. The van der Waals surface area contributed by atoms with Crippen LogP contribution in [0.25, 0.3) is 5.52 Å². The summed E-state index contributed by atoms with van der Waals surface area (Å²) in [5.41, 5.74) is 1.76. The minimum absolute atomic E-state index is 0.0433. The van der Waals surface area contributed by atoms with Crippen molar-refractivity contribution < 1.29 is 9.90 Å². The number of rotatable bonds is 4. The molecule has 0 amide bonds. The second-order valence-corrected chi connectivity index (χ2v) is 7.83. The molecule has 1 atom stereocenters. The van der Waals surface area contributed by atoms with Gasteiger partial charge in [-0.25, -0.2) is 9.31 Å². The summed E-state index contributed by atoms with van der Waals surface area (Å²) in [5.74, 6) is 0.801. The van der Waals surface area contributed by atoms with E-state index in [1.54, 1.807) is 9.42 Å². The Morgan fingerprint density at radius 2 is 2.22 bits per heavy atom. The Morgan fingerprint density at radius 1 is 1.41 bits per heavy atom. The topological polar surface area (TPSA) is 111 Å². The third kappa shape index (κ3) is 3.20. The van der Waals surface area contributed by atoms with Crippen LogP contribution in [0.4, 0.5) is 17.6 Å². The first-order chi connectivity index (χ1) is 12.8. The van der Waals surface area contributed by atoms with Crippen LogP contribution in [0.3, 0.4) is 0 Å². The molecule has 0 saturated carbocycles. The number of hydrogen-bond acceptors (Lipinski definition) is 6. The van der Waals surface area contributed by atoms with Gasteiger partial charge in [-0.1, -0.05) is 20.8 Å². The van der Waals surface area contributed by atoms with Crippen LogP contribution in [0.2, 0.25) is 0 Å². The molecule has 0 aromatic carbocycles. The van der Waals surface area contributed by atoms with Crippen molar-refractivity contribution in [1.82, 2.24) is 24.8 Å². The molecule has 1 aliphatic heterocycles. The number of aromatic amines is 1. The van der Waals surface area contributed by atoms with Crippen LogP contribution in [0.1, 0.15) is 39.3 Å². The molecule has 4 heterocycles. The van der Waals surface area contributed by atoms with Crippen molar-refractivity contribution in [2.45, 2.75) is 45.1 Å². The van der Waals surface area contributed by atoms with Gasteiger partial charge in [0.25, 0.3) is 0 Å². The Labute approximate surface area is 156 Å². The zero-order chi connectivity index (χ0) is 19.2. The molecule has 27 heavy (non-hydrogen) atoms. The SMILES string of the molecule is CC(C)(C)c1cc(Nc2nc(N3CCC[C@H]3C(=O)O)nn3cccc23)n[nH]1. The number of carbonyl (C=O) groups is 1. The molecule has 9 nitrogen and oxygen atoms in total. The minimum atomic E-state index is -0.847. The van der Waals surface area contributed by atoms with Crippen molar-refractivity contribution in [3.8, 4) is 0 Å². The lowest BCUT2D eigenvalue weighted by molar-refractivity contribution is -0.138. The molecular weight excluding hydrogens is 346 g/mol. The van der Waals surface area contributed by atoms with Crippen LogP contribution in [0.5, 0.6) is 0 Å². The van der Waals surface area contributed by atoms with Crippen LogP contribution >= 0.6 is 0 Å². The Bertz CT molecular complexity index is 985. The van der Waals surface area contributed by atoms with Gasteiger partial charge in [0.05, 0.1) is 0 Å². The number of nitrogens with zero attached hydrogens (tertiary/aromatic N) is 5. The van der Waals surface area contributed by atoms with Crippen LogP contribution in [-0.2, 0) is 10.2 Å². The highest BCUT2D eigenvalue weighted by atomic mass is 16.4. The number of carboxylic acids is 1. The van der Waals surface area contributed by atoms with Gasteiger partial charge in [-0.05, 0) is 25.0 Å². The molecule has 3 aromatic heterocycles. The highest BCUT2D eigenvalue weighted by Gasteiger charge is 2.33. The van der Waals surface area contributed by atoms with E-state index in [0.717, 1.165) is 17.6 Å². The third-order valence-corrected chi connectivity index (χ3v) is 4.81. The summed E-state index contributed by atoms with van der Waals surface area (Å²) in [7, 11) is 0. The number of H-pyrrole nitrogens is 1. The Balaban J connectivity index is 1.71. The van der Waals surface area contributed by atoms with Crippen molar-refractivity contribution in [3.05, 3.63) is 30.1 Å². The lowest BCUT2D eigenvalue weighted by Gasteiger charge is -2.22. The molecule has 1 saturated heterocycles. The molecular formula is C18H23N7O2. The van der Waals surface area contributed by atoms with E-state index in [4.69, 9.17) is 0 Å². The van der Waals surface area contributed by atoms with E-state index in [1.165, 1.54) is 0 Å². The number of aromatic nitrogens is 5. The van der Waals surface area contributed by atoms with E-state index >= 15 is 0 Å². The zero-order valence-electron chi connectivity index (χ0n) is 15.6. The number of hydrogen-bond donors (Lipinski definition) is 3. The summed E-state index contributed by atoms with van der Waals surface area (Å²) in [6, 6.07) is 5.14.